The Morgan fingerprint density at radius 1 is 0.487 bits per heavy atom. The maximum atomic E-state index is 13.7. The number of nitrogens with two attached hydrogens (primary N) is 1. The third kappa shape index (κ3) is 15.4. The van der Waals surface area contributed by atoms with Crippen LogP contribution in [0.5, 0.6) is 23.0 Å². The van der Waals surface area contributed by atoms with Crippen LogP contribution in [0.3, 0.4) is 0 Å². The number of ether oxygens (including phenoxy) is 4. The van der Waals surface area contributed by atoms with Crippen LogP contribution in [0, 0.1) is 11.6 Å². The molecule has 4 aromatic heterocycles. The van der Waals surface area contributed by atoms with Crippen LogP contribution in [0.2, 0.25) is 0 Å². The molecule has 0 aliphatic rings. The fourth-order valence-electron chi connectivity index (χ4n) is 7.90. The number of rotatable bonds is 12. The van der Waals surface area contributed by atoms with Gasteiger partial charge in [0.25, 0.3) is 0 Å². The minimum Gasteiger partial charge on any atom is -0.496 e. The van der Waals surface area contributed by atoms with Crippen molar-refractivity contribution in [3.05, 3.63) is 147 Å². The fourth-order valence-corrected chi connectivity index (χ4v) is 9.58. The van der Waals surface area contributed by atoms with Crippen LogP contribution in [0.4, 0.5) is 42.0 Å². The van der Waals surface area contributed by atoms with Gasteiger partial charge in [-0.15, -0.1) is 0 Å². The van der Waals surface area contributed by atoms with Crippen molar-refractivity contribution >= 4 is 94.1 Å². The van der Waals surface area contributed by atoms with E-state index in [0.29, 0.717) is 28.8 Å². The number of nitrogens with one attached hydrogen (secondary N) is 4. The number of halogens is 5. The molecule has 9 rings (SSSR count). The molecular formula is C55H56Br3F2N13O7. The summed E-state index contributed by atoms with van der Waals surface area (Å²) in [6.07, 6.45) is 6.84. The first-order chi connectivity index (χ1) is 38.2. The van der Waals surface area contributed by atoms with Crippen molar-refractivity contribution in [2.24, 2.45) is 28.2 Å². The lowest BCUT2D eigenvalue weighted by molar-refractivity contribution is -0.115. The van der Waals surface area contributed by atoms with Crippen LogP contribution >= 0.6 is 47.8 Å². The molecule has 25 heteroatoms. The summed E-state index contributed by atoms with van der Waals surface area (Å²) in [5, 5.41) is 27.1. The summed E-state index contributed by atoms with van der Waals surface area (Å²) >= 11 is 10.4. The average Bonchev–Trinajstić information content (AvgIpc) is 4.21. The van der Waals surface area contributed by atoms with Gasteiger partial charge in [0.1, 0.15) is 34.6 Å². The van der Waals surface area contributed by atoms with Crippen LogP contribution < -0.4 is 45.9 Å². The van der Waals surface area contributed by atoms with Gasteiger partial charge in [0.2, 0.25) is 11.8 Å². The number of hydrogen-bond acceptors (Lipinski definition) is 12. The summed E-state index contributed by atoms with van der Waals surface area (Å²) in [4.78, 5) is 34.4. The van der Waals surface area contributed by atoms with E-state index in [4.69, 9.17) is 24.7 Å². The van der Waals surface area contributed by atoms with Crippen LogP contribution in [0.1, 0.15) is 13.8 Å². The van der Waals surface area contributed by atoms with E-state index in [1.54, 1.807) is 109 Å². The third-order valence-electron chi connectivity index (χ3n) is 11.4. The number of benzene rings is 5. The highest BCUT2D eigenvalue weighted by atomic mass is 79.9. The summed E-state index contributed by atoms with van der Waals surface area (Å²) in [5.74, 6) is 1.04. The highest BCUT2D eigenvalue weighted by Gasteiger charge is 2.19. The van der Waals surface area contributed by atoms with Crippen LogP contribution in [0.15, 0.2) is 135 Å². The fraction of sp³-hybridized carbons (Fsp3) is 0.182. The van der Waals surface area contributed by atoms with E-state index in [9.17, 15) is 23.2 Å². The average molecular weight is 1290 g/mol. The van der Waals surface area contributed by atoms with Gasteiger partial charge >= 0.3 is 6.03 Å². The Morgan fingerprint density at radius 2 is 0.887 bits per heavy atom. The van der Waals surface area contributed by atoms with Gasteiger partial charge in [0.05, 0.1) is 88.9 Å². The predicted octanol–water partition coefficient (Wildman–Crippen LogP) is 12.1. The minimum atomic E-state index is -0.862. The molecule has 5 aromatic carbocycles. The van der Waals surface area contributed by atoms with Crippen LogP contribution in [-0.2, 0) is 37.8 Å². The summed E-state index contributed by atoms with van der Waals surface area (Å²) in [7, 11) is 13.8. The minimum absolute atomic E-state index is 0.101. The molecule has 0 spiro atoms. The molecule has 0 saturated heterocycles. The van der Waals surface area contributed by atoms with Crippen LogP contribution in [0.25, 0.3) is 45.0 Å². The molecule has 6 N–H and O–H groups in total. The maximum Gasteiger partial charge on any atom is 0.323 e. The molecule has 20 nitrogen and oxygen atoms in total. The molecule has 4 heterocycles. The Kier molecular flexibility index (Phi) is 21.1. The van der Waals surface area contributed by atoms with E-state index in [0.717, 1.165) is 93.6 Å². The first kappa shape index (κ1) is 60.7. The molecule has 0 atom stereocenters. The molecule has 0 aliphatic carbocycles. The van der Waals surface area contributed by atoms with Gasteiger partial charge in [-0.25, -0.2) is 13.6 Å². The first-order valence-electron chi connectivity index (χ1n) is 23.7. The Bertz CT molecular complexity index is 3600. The second-order valence-electron chi connectivity index (χ2n) is 17.0. The number of nitrogen functional groups attached to an aromatic ring is 1. The van der Waals surface area contributed by atoms with E-state index >= 15 is 0 Å². The van der Waals surface area contributed by atoms with Gasteiger partial charge in [-0.1, -0.05) is 0 Å². The van der Waals surface area contributed by atoms with Gasteiger partial charge in [-0.05, 0) is 139 Å². The number of aromatic nitrogens is 8. The van der Waals surface area contributed by atoms with Crippen molar-refractivity contribution in [2.75, 3.05) is 55.4 Å². The molecule has 0 unspecified atom stereocenters. The lowest BCUT2D eigenvalue weighted by Crippen LogP contribution is -2.20. The first-order valence-corrected chi connectivity index (χ1v) is 26.1. The zero-order valence-electron chi connectivity index (χ0n) is 44.9. The van der Waals surface area contributed by atoms with Crippen molar-refractivity contribution in [3.63, 3.8) is 0 Å². The number of amides is 4. The summed E-state index contributed by atoms with van der Waals surface area (Å²) in [6.45, 7) is 2.96. The number of carbonyl (C=O) groups excluding carboxylic acids is 3. The number of nitrogens with zero attached hydrogens (tertiary/aromatic N) is 8. The van der Waals surface area contributed by atoms with E-state index in [1.807, 2.05) is 69.7 Å². The summed E-state index contributed by atoms with van der Waals surface area (Å²) < 4.78 is 57.5. The molecule has 80 heavy (non-hydrogen) atoms. The molecule has 0 aliphatic heterocycles. The topological polar surface area (TPSA) is 234 Å². The molecular weight excluding hydrogens is 1230 g/mol. The van der Waals surface area contributed by atoms with Gasteiger partial charge in [0.15, 0.2) is 0 Å². The molecule has 0 bridgehead atoms. The number of carbonyl (C=O) groups is 3. The molecule has 418 valence electrons. The lowest BCUT2D eigenvalue weighted by Gasteiger charge is -2.13. The molecule has 9 aromatic rings. The van der Waals surface area contributed by atoms with Gasteiger partial charge in [-0.2, -0.15) is 20.4 Å². The number of aryl methyl sites for hydroxylation is 4. The molecule has 4 amide bonds. The highest BCUT2D eigenvalue weighted by molar-refractivity contribution is 9.11. The molecule has 0 saturated carbocycles. The Balaban J connectivity index is 0.000000176. The third-order valence-corrected chi connectivity index (χ3v) is 13.2. The standard InChI is InChI=1S/C18H15BrF2N4O2.C13H14BrN3O2.C13H15N3O2.C11H12BrN3O/c1-25-17(13(19)9-22-25)12-8-11(4-6-16(12)27-2)23-18(26)24-15-5-3-10(20)7-14(15)21;1-8(18)16-9-4-5-12(19-3)10(6-9)13-11(14)7-15-17(13)2;1-9(17)15-10-4-5-13(18-3)11(8-10)12-6-7-14-16(12)2;1-15-11(9(12)6-14-15)8-5-7(13)3-4-10(8)16-2/h3-9H,1-2H3,(H2,23,24,26);4-7H,1-3H3,(H,16,18);4-8H,1-3H3,(H,15,17);3-6H,13H2,1-2H3. The van der Waals surface area contributed by atoms with Crippen molar-refractivity contribution in [1.29, 1.82) is 0 Å². The Hall–Kier alpha value is -8.55. The molecule has 0 radical (unpaired) electrons. The van der Waals surface area contributed by atoms with Crippen molar-refractivity contribution in [2.45, 2.75) is 13.8 Å². The van der Waals surface area contributed by atoms with Gasteiger partial charge < -0.3 is 45.9 Å². The largest absolute Gasteiger partial charge is 0.496 e. The normalized spacial score (nSPS) is 10.4. The van der Waals surface area contributed by atoms with Crippen molar-refractivity contribution in [1.82, 2.24) is 39.1 Å². The smallest absolute Gasteiger partial charge is 0.323 e. The summed E-state index contributed by atoms with van der Waals surface area (Å²) in [5.41, 5.74) is 15.2. The maximum absolute atomic E-state index is 13.7. The number of hydrogen-bond donors (Lipinski definition) is 5. The van der Waals surface area contributed by atoms with Crippen molar-refractivity contribution < 1.29 is 42.1 Å². The van der Waals surface area contributed by atoms with E-state index < -0.39 is 17.7 Å². The second-order valence-corrected chi connectivity index (χ2v) is 19.6. The molecule has 0 fully saturated rings. The van der Waals surface area contributed by atoms with E-state index in [1.165, 1.54) is 13.8 Å². The SMILES string of the molecule is COc1ccc(N)cc1-c1c(Br)cnn1C.COc1ccc(NC(=O)Nc2ccc(F)cc2F)cc1-c1c(Br)cnn1C.COc1ccc(NC(C)=O)cc1-c1c(Br)cnn1C.COc1ccc(NC(C)=O)cc1-c1ccnn1C. The van der Waals surface area contributed by atoms with Gasteiger partial charge in [-0.3, -0.25) is 28.3 Å². The number of anilines is 5. The van der Waals surface area contributed by atoms with E-state index in [-0.39, 0.29) is 17.5 Å². The number of urea groups is 1. The zero-order chi connectivity index (χ0) is 58.4. The van der Waals surface area contributed by atoms with Crippen molar-refractivity contribution in [3.8, 4) is 68.0 Å². The highest BCUT2D eigenvalue weighted by Crippen LogP contribution is 2.39. The predicted molar refractivity (Wildman–Crippen MR) is 316 cm³/mol. The quantitative estimate of drug-likeness (QED) is 0.0719. The van der Waals surface area contributed by atoms with Gasteiger partial charge in [0, 0.05) is 99.3 Å². The second kappa shape index (κ2) is 27.9. The Labute approximate surface area is 484 Å². The van der Waals surface area contributed by atoms with E-state index in [2.05, 4.69) is 89.5 Å². The Morgan fingerprint density at radius 3 is 1.26 bits per heavy atom. The lowest BCUT2D eigenvalue weighted by atomic mass is 10.1. The monoisotopic (exact) mass is 1290 g/mol. The number of methoxy groups -OCH3 is 4. The zero-order valence-corrected chi connectivity index (χ0v) is 49.7. The summed E-state index contributed by atoms with van der Waals surface area (Å²) in [6, 6.07) is 25.7. The van der Waals surface area contributed by atoms with Crippen LogP contribution in [-0.4, -0.2) is 85.4 Å².